The summed E-state index contributed by atoms with van der Waals surface area (Å²) in [4.78, 5) is 45.8. The molecule has 3 saturated heterocycles. The Kier molecular flexibility index (Phi) is 9.00. The Bertz CT molecular complexity index is 1270. The van der Waals surface area contributed by atoms with E-state index in [-0.39, 0.29) is 36.2 Å². The second-order valence-corrected chi connectivity index (χ2v) is 12.7. The predicted molar refractivity (Wildman–Crippen MR) is 160 cm³/mol. The minimum Gasteiger partial charge on any atom is -0.465 e. The van der Waals surface area contributed by atoms with Gasteiger partial charge in [0.15, 0.2) is 0 Å². The van der Waals surface area contributed by atoms with Crippen LogP contribution in [-0.4, -0.2) is 74.5 Å². The molecule has 41 heavy (non-hydrogen) atoms. The van der Waals surface area contributed by atoms with Crippen molar-refractivity contribution in [3.63, 3.8) is 0 Å². The number of aliphatic hydroxyl groups excluding tert-OH is 1. The number of rotatable bonds is 13. The largest absolute Gasteiger partial charge is 0.465 e. The van der Waals surface area contributed by atoms with Crippen LogP contribution < -0.4 is 0 Å². The van der Waals surface area contributed by atoms with Gasteiger partial charge < -0.3 is 19.6 Å². The summed E-state index contributed by atoms with van der Waals surface area (Å²) in [5, 5.41) is 10.6. The van der Waals surface area contributed by atoms with Crippen LogP contribution in [0.1, 0.15) is 30.4 Å². The van der Waals surface area contributed by atoms with E-state index in [4.69, 9.17) is 4.74 Å². The smallest absolute Gasteiger partial charge is 0.310 e. The third-order valence-electron chi connectivity index (χ3n) is 8.61. The van der Waals surface area contributed by atoms with E-state index >= 15 is 0 Å². The molecule has 2 aromatic rings. The van der Waals surface area contributed by atoms with Crippen LogP contribution in [0.4, 0.5) is 0 Å². The number of likely N-dealkylation sites (tertiary alicyclic amines) is 1. The van der Waals surface area contributed by atoms with Crippen molar-refractivity contribution in [2.24, 2.45) is 11.8 Å². The van der Waals surface area contributed by atoms with Gasteiger partial charge >= 0.3 is 5.97 Å². The maximum absolute atomic E-state index is 14.6. The number of esters is 1. The Morgan fingerprint density at radius 3 is 2.41 bits per heavy atom. The second-order valence-electron chi connectivity index (χ2n) is 11.1. The van der Waals surface area contributed by atoms with Crippen molar-refractivity contribution in [1.82, 2.24) is 9.80 Å². The van der Waals surface area contributed by atoms with Crippen LogP contribution >= 0.6 is 11.8 Å². The lowest BCUT2D eigenvalue weighted by molar-refractivity contribution is -0.154. The molecule has 3 fully saturated rings. The van der Waals surface area contributed by atoms with Crippen molar-refractivity contribution in [2.45, 2.75) is 54.3 Å². The van der Waals surface area contributed by atoms with Crippen LogP contribution in [0.3, 0.4) is 0 Å². The molecular weight excluding hydrogens is 536 g/mol. The summed E-state index contributed by atoms with van der Waals surface area (Å²) in [5.41, 5.74) is 1.94. The van der Waals surface area contributed by atoms with E-state index < -0.39 is 28.7 Å². The van der Waals surface area contributed by atoms with Gasteiger partial charge in [-0.25, -0.2) is 0 Å². The molecular formula is C33H38N2O5S. The number of ether oxygens (including phenoxy) is 1. The first-order valence-electron chi connectivity index (χ1n) is 14.3. The number of hydrogen-bond donors (Lipinski definition) is 1. The number of fused-ring (bicyclic) bond motifs is 1. The summed E-state index contributed by atoms with van der Waals surface area (Å²) in [5.74, 6) is -2.09. The van der Waals surface area contributed by atoms with E-state index in [1.165, 1.54) is 0 Å². The molecule has 6 atom stereocenters. The lowest BCUT2D eigenvalue weighted by atomic mass is 9.71. The molecule has 2 unspecified atom stereocenters. The molecule has 0 aliphatic carbocycles. The fourth-order valence-corrected chi connectivity index (χ4v) is 9.06. The quantitative estimate of drug-likeness (QED) is 0.221. The fourth-order valence-electron chi connectivity index (χ4n) is 6.87. The van der Waals surface area contributed by atoms with E-state index in [2.05, 4.69) is 13.2 Å². The van der Waals surface area contributed by atoms with Crippen molar-refractivity contribution < 1.29 is 24.2 Å². The molecule has 1 N–H and O–H groups in total. The summed E-state index contributed by atoms with van der Waals surface area (Å²) in [7, 11) is 0. The molecule has 3 aliphatic heterocycles. The normalized spacial score (nSPS) is 26.9. The van der Waals surface area contributed by atoms with Gasteiger partial charge in [0.2, 0.25) is 11.8 Å². The topological polar surface area (TPSA) is 87.1 Å². The highest BCUT2D eigenvalue weighted by Gasteiger charge is 2.74. The third-order valence-corrected chi connectivity index (χ3v) is 10.6. The average Bonchev–Trinajstić information content (AvgIpc) is 3.64. The highest BCUT2D eigenvalue weighted by Crippen LogP contribution is 2.67. The number of aliphatic hydroxyl groups is 1. The molecule has 2 aromatic carbocycles. The van der Waals surface area contributed by atoms with Crippen molar-refractivity contribution in [2.75, 3.05) is 19.8 Å². The minimum absolute atomic E-state index is 0.0821. The van der Waals surface area contributed by atoms with E-state index in [0.29, 0.717) is 32.4 Å². The van der Waals surface area contributed by atoms with Crippen LogP contribution in [0.2, 0.25) is 0 Å². The van der Waals surface area contributed by atoms with E-state index in [1.807, 2.05) is 60.7 Å². The van der Waals surface area contributed by atoms with Crippen molar-refractivity contribution in [1.29, 1.82) is 0 Å². The fraction of sp³-hybridized carbons (Fsp3) is 0.424. The van der Waals surface area contributed by atoms with Crippen LogP contribution in [0.5, 0.6) is 0 Å². The molecule has 2 amide bonds. The van der Waals surface area contributed by atoms with Gasteiger partial charge in [0.25, 0.3) is 0 Å². The maximum Gasteiger partial charge on any atom is 0.310 e. The lowest BCUT2D eigenvalue weighted by Crippen LogP contribution is -2.57. The summed E-state index contributed by atoms with van der Waals surface area (Å²) >= 11 is 1.61. The standard InChI is InChI=1S/C33H38N2O5S/c1-3-5-19-40-32(39)27-26-16-17-33(41-26)28(27)30(37)35(25(22-36)20-23-12-8-6-9-13-23)29(33)31(38)34(18-4-2)21-24-14-10-7-11-15-24/h3-4,6-15,25-29,36H,1-2,5,16-22H2/t25-,26-,27+,28+,29?,33?/m1/s1. The Hall–Kier alpha value is -3.36. The van der Waals surface area contributed by atoms with E-state index in [9.17, 15) is 19.5 Å². The highest BCUT2D eigenvalue weighted by atomic mass is 32.2. The van der Waals surface area contributed by atoms with Gasteiger partial charge in [-0.15, -0.1) is 24.9 Å². The van der Waals surface area contributed by atoms with Crippen LogP contribution in [-0.2, 0) is 32.1 Å². The lowest BCUT2D eigenvalue weighted by Gasteiger charge is -2.39. The predicted octanol–water partition coefficient (Wildman–Crippen LogP) is 4.02. The Morgan fingerprint density at radius 2 is 1.78 bits per heavy atom. The zero-order valence-electron chi connectivity index (χ0n) is 23.3. The SMILES string of the molecule is C=CCCOC(=O)[C@@H]1[C@H]2C(=O)N([C@@H](CO)Cc3ccccc3)C(C(=O)N(CC=C)Cc3ccccc3)C23CC[C@H]1S3. The number of thioether (sulfide) groups is 1. The van der Waals surface area contributed by atoms with Gasteiger partial charge in [-0.2, -0.15) is 0 Å². The average molecular weight is 575 g/mol. The second kappa shape index (κ2) is 12.7. The Balaban J connectivity index is 1.54. The minimum atomic E-state index is -0.814. The molecule has 3 aliphatic rings. The van der Waals surface area contributed by atoms with Crippen molar-refractivity contribution in [3.05, 3.63) is 97.1 Å². The molecule has 1 spiro atoms. The molecule has 0 saturated carbocycles. The van der Waals surface area contributed by atoms with Gasteiger partial charge in [0.1, 0.15) is 6.04 Å². The molecule has 8 heteroatoms. The maximum atomic E-state index is 14.6. The van der Waals surface area contributed by atoms with Gasteiger partial charge in [-0.1, -0.05) is 72.8 Å². The van der Waals surface area contributed by atoms with Crippen LogP contribution in [0, 0.1) is 11.8 Å². The number of carbonyl (C=O) groups is 3. The molecule has 0 radical (unpaired) electrons. The molecule has 5 rings (SSSR count). The van der Waals surface area contributed by atoms with Gasteiger partial charge in [0, 0.05) is 18.3 Å². The summed E-state index contributed by atoms with van der Waals surface area (Å²) in [6.07, 6.45) is 5.71. The van der Waals surface area contributed by atoms with E-state index in [0.717, 1.165) is 17.5 Å². The monoisotopic (exact) mass is 574 g/mol. The highest BCUT2D eigenvalue weighted by molar-refractivity contribution is 8.02. The summed E-state index contributed by atoms with van der Waals surface area (Å²) in [6, 6.07) is 18.0. The van der Waals surface area contributed by atoms with Gasteiger partial charge in [0.05, 0.1) is 35.8 Å². The molecule has 2 bridgehead atoms. The van der Waals surface area contributed by atoms with Crippen molar-refractivity contribution >= 4 is 29.5 Å². The number of amides is 2. The zero-order valence-corrected chi connectivity index (χ0v) is 24.1. The van der Waals surface area contributed by atoms with Crippen molar-refractivity contribution in [3.8, 4) is 0 Å². The van der Waals surface area contributed by atoms with E-state index in [1.54, 1.807) is 33.7 Å². The number of benzene rings is 2. The molecule has 7 nitrogen and oxygen atoms in total. The molecule has 216 valence electrons. The number of hydrogen-bond acceptors (Lipinski definition) is 6. The first kappa shape index (κ1) is 29.1. The zero-order chi connectivity index (χ0) is 29.0. The first-order valence-corrected chi connectivity index (χ1v) is 15.2. The molecule has 3 heterocycles. The third kappa shape index (κ3) is 5.47. The van der Waals surface area contributed by atoms with Gasteiger partial charge in [-0.05, 0) is 36.8 Å². The van der Waals surface area contributed by atoms with Crippen LogP contribution in [0.15, 0.2) is 86.0 Å². The number of nitrogens with zero attached hydrogens (tertiary/aromatic N) is 2. The summed E-state index contributed by atoms with van der Waals surface area (Å²) in [6.45, 7) is 8.19. The Morgan fingerprint density at radius 1 is 1.10 bits per heavy atom. The summed E-state index contributed by atoms with van der Waals surface area (Å²) < 4.78 is 4.84. The van der Waals surface area contributed by atoms with Crippen LogP contribution in [0.25, 0.3) is 0 Å². The Labute approximate surface area is 246 Å². The van der Waals surface area contributed by atoms with Gasteiger partial charge in [-0.3, -0.25) is 14.4 Å². The number of carbonyl (C=O) groups excluding carboxylic acids is 3. The first-order chi connectivity index (χ1) is 19.9. The molecule has 0 aromatic heterocycles.